The molecule has 0 aliphatic carbocycles. The van der Waals surface area contributed by atoms with E-state index in [4.69, 9.17) is 0 Å². The Hall–Kier alpha value is -2.63. The van der Waals surface area contributed by atoms with Gasteiger partial charge in [0, 0.05) is 11.6 Å². The van der Waals surface area contributed by atoms with E-state index in [2.05, 4.69) is 20.8 Å². The molecule has 0 saturated heterocycles. The number of nitrogens with zero attached hydrogens (tertiary/aromatic N) is 1. The van der Waals surface area contributed by atoms with Gasteiger partial charge in [0.1, 0.15) is 5.69 Å². The van der Waals surface area contributed by atoms with E-state index < -0.39 is 0 Å². The zero-order valence-corrected chi connectivity index (χ0v) is 12.0. The number of hydrogen-bond donors (Lipinski definition) is 3. The van der Waals surface area contributed by atoms with Crippen molar-refractivity contribution < 1.29 is 9.59 Å². The largest absolute Gasteiger partial charge is 0.352 e. The summed E-state index contributed by atoms with van der Waals surface area (Å²) in [5.41, 5.74) is 1.93. The molecule has 21 heavy (non-hydrogen) atoms. The van der Waals surface area contributed by atoms with Gasteiger partial charge in [-0.15, -0.1) is 0 Å². The number of benzene rings is 1. The van der Waals surface area contributed by atoms with E-state index in [9.17, 15) is 9.59 Å². The third kappa shape index (κ3) is 4.17. The smallest absolute Gasteiger partial charge is 0.269 e. The molecule has 1 aromatic heterocycles. The number of carbonyl (C=O) groups is 2. The molecule has 0 atom stereocenters. The van der Waals surface area contributed by atoms with Crippen molar-refractivity contribution in [2.24, 2.45) is 0 Å². The van der Waals surface area contributed by atoms with Crippen LogP contribution in [-0.4, -0.2) is 34.6 Å². The quantitative estimate of drug-likeness (QED) is 0.775. The summed E-state index contributed by atoms with van der Waals surface area (Å²) >= 11 is 0. The second-order valence-corrected chi connectivity index (χ2v) is 4.94. The summed E-state index contributed by atoms with van der Waals surface area (Å²) in [5, 5.41) is 12.0. The number of amides is 2. The number of aromatic amines is 1. The van der Waals surface area contributed by atoms with E-state index in [1.807, 2.05) is 44.2 Å². The molecule has 0 fully saturated rings. The van der Waals surface area contributed by atoms with Crippen LogP contribution in [-0.2, 0) is 4.79 Å². The Morgan fingerprint density at radius 2 is 1.95 bits per heavy atom. The van der Waals surface area contributed by atoms with E-state index in [1.54, 1.807) is 6.07 Å². The maximum Gasteiger partial charge on any atom is 0.269 e. The van der Waals surface area contributed by atoms with Gasteiger partial charge in [-0.05, 0) is 19.9 Å². The summed E-state index contributed by atoms with van der Waals surface area (Å²) in [6.07, 6.45) is 0. The molecule has 110 valence electrons. The number of hydrogen-bond acceptors (Lipinski definition) is 3. The minimum Gasteiger partial charge on any atom is -0.352 e. The van der Waals surface area contributed by atoms with Crippen molar-refractivity contribution in [3.8, 4) is 11.3 Å². The van der Waals surface area contributed by atoms with Crippen molar-refractivity contribution in [1.29, 1.82) is 0 Å². The fraction of sp³-hybridized carbons (Fsp3) is 0.267. The molecule has 1 aromatic carbocycles. The molecule has 6 heteroatoms. The summed E-state index contributed by atoms with van der Waals surface area (Å²) in [7, 11) is 0. The molecule has 2 aromatic rings. The van der Waals surface area contributed by atoms with Crippen LogP contribution in [0.1, 0.15) is 24.3 Å². The average molecular weight is 286 g/mol. The molecule has 0 bridgehead atoms. The molecule has 0 spiro atoms. The van der Waals surface area contributed by atoms with E-state index in [1.165, 1.54) is 0 Å². The van der Waals surface area contributed by atoms with Gasteiger partial charge in [0.25, 0.3) is 5.91 Å². The molecule has 2 rings (SSSR count). The highest BCUT2D eigenvalue weighted by Crippen LogP contribution is 2.16. The lowest BCUT2D eigenvalue weighted by Crippen LogP contribution is -2.39. The van der Waals surface area contributed by atoms with E-state index in [-0.39, 0.29) is 24.4 Å². The minimum absolute atomic E-state index is 0.0474. The van der Waals surface area contributed by atoms with Gasteiger partial charge in [-0.2, -0.15) is 5.10 Å². The Morgan fingerprint density at radius 3 is 2.62 bits per heavy atom. The van der Waals surface area contributed by atoms with Crippen molar-refractivity contribution in [2.75, 3.05) is 6.54 Å². The van der Waals surface area contributed by atoms with Gasteiger partial charge in [-0.3, -0.25) is 14.7 Å². The van der Waals surface area contributed by atoms with Gasteiger partial charge in [-0.1, -0.05) is 30.3 Å². The Bertz CT molecular complexity index is 620. The van der Waals surface area contributed by atoms with Crippen LogP contribution in [0.3, 0.4) is 0 Å². The van der Waals surface area contributed by atoms with Crippen LogP contribution >= 0.6 is 0 Å². The first kappa shape index (κ1) is 14.8. The Morgan fingerprint density at radius 1 is 1.24 bits per heavy atom. The van der Waals surface area contributed by atoms with Crippen LogP contribution < -0.4 is 10.6 Å². The molecule has 0 unspecified atom stereocenters. The van der Waals surface area contributed by atoms with E-state index >= 15 is 0 Å². The van der Waals surface area contributed by atoms with Crippen molar-refractivity contribution in [3.05, 3.63) is 42.1 Å². The fourth-order valence-electron chi connectivity index (χ4n) is 1.82. The SMILES string of the molecule is CC(C)NC(=O)CNC(=O)c1cc(-c2ccccc2)n[nH]1. The molecular weight excluding hydrogens is 268 g/mol. The average Bonchev–Trinajstić information content (AvgIpc) is 2.95. The fourth-order valence-corrected chi connectivity index (χ4v) is 1.82. The van der Waals surface area contributed by atoms with Gasteiger partial charge in [0.15, 0.2) is 0 Å². The Labute approximate surface area is 122 Å². The molecule has 0 radical (unpaired) electrons. The predicted octanol–water partition coefficient (Wildman–Crippen LogP) is 1.33. The summed E-state index contributed by atoms with van der Waals surface area (Å²) in [6.45, 7) is 3.66. The summed E-state index contributed by atoms with van der Waals surface area (Å²) < 4.78 is 0. The Balaban J connectivity index is 1.95. The van der Waals surface area contributed by atoms with Crippen LogP contribution in [0.5, 0.6) is 0 Å². The van der Waals surface area contributed by atoms with Crippen molar-refractivity contribution in [2.45, 2.75) is 19.9 Å². The maximum absolute atomic E-state index is 11.9. The minimum atomic E-state index is -0.358. The van der Waals surface area contributed by atoms with Crippen molar-refractivity contribution in [3.63, 3.8) is 0 Å². The van der Waals surface area contributed by atoms with Crippen LogP contribution in [0.25, 0.3) is 11.3 Å². The number of carbonyl (C=O) groups excluding carboxylic acids is 2. The molecule has 1 heterocycles. The third-order valence-corrected chi connectivity index (χ3v) is 2.75. The van der Waals surface area contributed by atoms with Gasteiger partial charge in [0.05, 0.1) is 12.2 Å². The highest BCUT2D eigenvalue weighted by molar-refractivity contribution is 5.95. The van der Waals surface area contributed by atoms with Gasteiger partial charge >= 0.3 is 0 Å². The number of H-pyrrole nitrogens is 1. The van der Waals surface area contributed by atoms with Crippen LogP contribution in [0, 0.1) is 0 Å². The van der Waals surface area contributed by atoms with Gasteiger partial charge < -0.3 is 10.6 Å². The summed E-state index contributed by atoms with van der Waals surface area (Å²) in [6, 6.07) is 11.2. The molecule has 3 N–H and O–H groups in total. The zero-order chi connectivity index (χ0) is 15.2. The number of nitrogens with one attached hydrogen (secondary N) is 3. The predicted molar refractivity (Wildman–Crippen MR) is 79.6 cm³/mol. The lowest BCUT2D eigenvalue weighted by atomic mass is 10.1. The van der Waals surface area contributed by atoms with Crippen LogP contribution in [0.2, 0.25) is 0 Å². The summed E-state index contributed by atoms with van der Waals surface area (Å²) in [5.74, 6) is -0.579. The normalized spacial score (nSPS) is 10.4. The lowest BCUT2D eigenvalue weighted by Gasteiger charge is -2.08. The monoisotopic (exact) mass is 286 g/mol. The van der Waals surface area contributed by atoms with Gasteiger partial charge in [0.2, 0.25) is 5.91 Å². The molecule has 0 aliphatic rings. The molecule has 0 saturated carbocycles. The molecular formula is C15H18N4O2. The number of rotatable bonds is 5. The standard InChI is InChI=1S/C15H18N4O2/c1-10(2)17-14(20)9-16-15(21)13-8-12(18-19-13)11-6-4-3-5-7-11/h3-8,10H,9H2,1-2H3,(H,16,21)(H,17,20)(H,18,19). The van der Waals surface area contributed by atoms with E-state index in [0.29, 0.717) is 11.4 Å². The first-order valence-electron chi connectivity index (χ1n) is 6.74. The highest BCUT2D eigenvalue weighted by Gasteiger charge is 2.12. The molecule has 6 nitrogen and oxygen atoms in total. The molecule has 0 aliphatic heterocycles. The summed E-state index contributed by atoms with van der Waals surface area (Å²) in [4.78, 5) is 23.4. The van der Waals surface area contributed by atoms with Crippen LogP contribution in [0.15, 0.2) is 36.4 Å². The highest BCUT2D eigenvalue weighted by atomic mass is 16.2. The maximum atomic E-state index is 11.9. The topological polar surface area (TPSA) is 86.9 Å². The first-order chi connectivity index (χ1) is 10.1. The van der Waals surface area contributed by atoms with Crippen molar-refractivity contribution >= 4 is 11.8 Å². The third-order valence-electron chi connectivity index (χ3n) is 2.75. The second kappa shape index (κ2) is 6.69. The zero-order valence-electron chi connectivity index (χ0n) is 12.0. The Kier molecular flexibility index (Phi) is 4.71. The van der Waals surface area contributed by atoms with Gasteiger partial charge in [-0.25, -0.2) is 0 Å². The second-order valence-electron chi connectivity index (χ2n) is 4.94. The van der Waals surface area contributed by atoms with Crippen molar-refractivity contribution in [1.82, 2.24) is 20.8 Å². The lowest BCUT2D eigenvalue weighted by molar-refractivity contribution is -0.120. The number of aromatic nitrogens is 2. The van der Waals surface area contributed by atoms with Crippen LogP contribution in [0.4, 0.5) is 0 Å². The first-order valence-corrected chi connectivity index (χ1v) is 6.74. The molecule has 2 amide bonds. The van der Waals surface area contributed by atoms with E-state index in [0.717, 1.165) is 5.56 Å².